The van der Waals surface area contributed by atoms with Crippen LogP contribution < -0.4 is 0 Å². The highest BCUT2D eigenvalue weighted by Gasteiger charge is 2.41. The van der Waals surface area contributed by atoms with Gasteiger partial charge in [0.15, 0.2) is 0 Å². The molecule has 5 heterocycles. The van der Waals surface area contributed by atoms with E-state index in [4.69, 9.17) is 9.51 Å². The van der Waals surface area contributed by atoms with Gasteiger partial charge in [-0.3, -0.25) is 14.9 Å². The fraction of sp³-hybridized carbons (Fsp3) is 0.500. The minimum atomic E-state index is 0.181. The maximum absolute atomic E-state index is 5.80. The van der Waals surface area contributed by atoms with Crippen LogP contribution in [0, 0.1) is 0 Å². The molecule has 2 fully saturated rings. The molecule has 0 unspecified atom stereocenters. The molecule has 0 amide bonds. The molecule has 0 spiro atoms. The molecule has 2 atom stereocenters. The monoisotopic (exact) mass is 418 g/mol. The lowest BCUT2D eigenvalue weighted by Crippen LogP contribution is -2.44. The number of hydrogen-bond acceptors (Lipinski definition) is 7. The average Bonchev–Trinajstić information content (AvgIpc) is 3.49. The first-order valence-corrected chi connectivity index (χ1v) is 11.4. The van der Waals surface area contributed by atoms with E-state index in [0.29, 0.717) is 17.8 Å². The highest BCUT2D eigenvalue weighted by molar-refractivity contribution is 5.52. The van der Waals surface area contributed by atoms with E-state index >= 15 is 0 Å². The molecule has 162 valence electrons. The Morgan fingerprint density at radius 3 is 2.55 bits per heavy atom. The lowest BCUT2D eigenvalue weighted by atomic mass is 9.90. The van der Waals surface area contributed by atoms with Gasteiger partial charge >= 0.3 is 0 Å². The summed E-state index contributed by atoms with van der Waals surface area (Å²) in [4.78, 5) is 18.5. The molecule has 0 N–H and O–H groups in total. The van der Waals surface area contributed by atoms with Crippen molar-refractivity contribution in [2.24, 2.45) is 0 Å². The van der Waals surface area contributed by atoms with Gasteiger partial charge in [0.05, 0.1) is 5.92 Å². The van der Waals surface area contributed by atoms with Crippen LogP contribution in [0.3, 0.4) is 0 Å². The Bertz CT molecular complexity index is 954. The zero-order chi connectivity index (χ0) is 21.0. The van der Waals surface area contributed by atoms with Crippen molar-refractivity contribution in [3.05, 3.63) is 60.5 Å². The fourth-order valence-electron chi connectivity index (χ4n) is 5.14. The highest BCUT2D eigenvalue weighted by Crippen LogP contribution is 2.41. The lowest BCUT2D eigenvalue weighted by molar-refractivity contribution is 0.124. The fourth-order valence-corrected chi connectivity index (χ4v) is 5.14. The largest absolute Gasteiger partial charge is 0.339 e. The zero-order valence-corrected chi connectivity index (χ0v) is 18.1. The van der Waals surface area contributed by atoms with Crippen LogP contribution in [0.4, 0.5) is 0 Å². The minimum absolute atomic E-state index is 0.181. The van der Waals surface area contributed by atoms with Crippen molar-refractivity contribution in [3.63, 3.8) is 0 Å². The second kappa shape index (κ2) is 9.24. The number of piperidine rings is 1. The van der Waals surface area contributed by atoms with Gasteiger partial charge < -0.3 is 9.42 Å². The van der Waals surface area contributed by atoms with Gasteiger partial charge in [0.2, 0.25) is 11.7 Å². The molecule has 0 radical (unpaired) electrons. The molecule has 3 aromatic rings. The average molecular weight is 419 g/mol. The predicted octanol–water partition coefficient (Wildman–Crippen LogP) is 3.58. The van der Waals surface area contributed by atoms with Crippen molar-refractivity contribution in [1.82, 2.24) is 29.9 Å². The molecule has 0 bridgehead atoms. The summed E-state index contributed by atoms with van der Waals surface area (Å²) < 4.78 is 5.80. The zero-order valence-electron chi connectivity index (χ0n) is 18.1. The molecule has 0 aliphatic carbocycles. The van der Waals surface area contributed by atoms with E-state index < -0.39 is 0 Å². The summed E-state index contributed by atoms with van der Waals surface area (Å²) in [5.74, 6) is 1.86. The van der Waals surface area contributed by atoms with Crippen molar-refractivity contribution in [1.29, 1.82) is 0 Å². The van der Waals surface area contributed by atoms with Crippen LogP contribution >= 0.6 is 0 Å². The minimum Gasteiger partial charge on any atom is -0.339 e. The van der Waals surface area contributed by atoms with E-state index in [-0.39, 0.29) is 5.92 Å². The molecule has 7 heteroatoms. The summed E-state index contributed by atoms with van der Waals surface area (Å²) in [5, 5.41) is 4.27. The lowest BCUT2D eigenvalue weighted by Gasteiger charge is -2.36. The molecular formula is C24H30N6O. The van der Waals surface area contributed by atoms with Crippen LogP contribution in [0.2, 0.25) is 0 Å². The van der Waals surface area contributed by atoms with Crippen LogP contribution in [-0.4, -0.2) is 68.7 Å². The first-order chi connectivity index (χ1) is 15.3. The Labute approximate surface area is 183 Å². The number of nitrogens with zero attached hydrogens (tertiary/aromatic N) is 6. The Balaban J connectivity index is 1.37. The van der Waals surface area contributed by atoms with E-state index in [9.17, 15) is 0 Å². The Morgan fingerprint density at radius 1 is 1.00 bits per heavy atom. The maximum Gasteiger partial charge on any atom is 0.232 e. The smallest absolute Gasteiger partial charge is 0.232 e. The van der Waals surface area contributed by atoms with Gasteiger partial charge in [0.25, 0.3) is 0 Å². The molecule has 2 saturated heterocycles. The SMILES string of the molecule is CCCN1CCC(N2C[C@@H](c3cccnc3)[C@H](c3nc(-c4ccncc4)no3)C2)CC1. The van der Waals surface area contributed by atoms with Crippen molar-refractivity contribution in [2.45, 2.75) is 44.1 Å². The Kier molecular flexibility index (Phi) is 6.04. The Hall–Kier alpha value is -2.64. The topological polar surface area (TPSA) is 71.2 Å². The first kappa shape index (κ1) is 20.3. The van der Waals surface area contributed by atoms with E-state index in [1.807, 2.05) is 30.6 Å². The highest BCUT2D eigenvalue weighted by atomic mass is 16.5. The van der Waals surface area contributed by atoms with Gasteiger partial charge in [-0.2, -0.15) is 4.98 Å². The van der Waals surface area contributed by atoms with Crippen LogP contribution in [0.5, 0.6) is 0 Å². The quantitative estimate of drug-likeness (QED) is 0.606. The van der Waals surface area contributed by atoms with Crippen molar-refractivity contribution in [3.8, 4) is 11.4 Å². The summed E-state index contributed by atoms with van der Waals surface area (Å²) in [6, 6.07) is 8.66. The van der Waals surface area contributed by atoms with E-state index in [2.05, 4.69) is 37.9 Å². The van der Waals surface area contributed by atoms with E-state index in [1.54, 1.807) is 12.4 Å². The maximum atomic E-state index is 5.80. The van der Waals surface area contributed by atoms with Crippen molar-refractivity contribution < 1.29 is 4.52 Å². The van der Waals surface area contributed by atoms with Gasteiger partial charge in [0.1, 0.15) is 0 Å². The number of rotatable bonds is 6. The van der Waals surface area contributed by atoms with Gasteiger partial charge in [-0.05, 0) is 62.7 Å². The number of pyridine rings is 2. The summed E-state index contributed by atoms with van der Waals surface area (Å²) in [5.41, 5.74) is 2.18. The van der Waals surface area contributed by atoms with Crippen molar-refractivity contribution >= 4 is 0 Å². The summed E-state index contributed by atoms with van der Waals surface area (Å²) in [7, 11) is 0. The predicted molar refractivity (Wildman–Crippen MR) is 119 cm³/mol. The van der Waals surface area contributed by atoms with Crippen LogP contribution in [-0.2, 0) is 0 Å². The van der Waals surface area contributed by atoms with Gasteiger partial charge in [-0.1, -0.05) is 18.1 Å². The molecule has 5 rings (SSSR count). The molecular weight excluding hydrogens is 388 g/mol. The Morgan fingerprint density at radius 2 is 1.81 bits per heavy atom. The van der Waals surface area contributed by atoms with Crippen molar-refractivity contribution in [2.75, 3.05) is 32.7 Å². The van der Waals surface area contributed by atoms with E-state index in [0.717, 1.165) is 24.5 Å². The third-order valence-corrected chi connectivity index (χ3v) is 6.77. The molecule has 2 aliphatic rings. The summed E-state index contributed by atoms with van der Waals surface area (Å²) in [6.07, 6.45) is 11.0. The van der Waals surface area contributed by atoms with Crippen LogP contribution in [0.25, 0.3) is 11.4 Å². The summed E-state index contributed by atoms with van der Waals surface area (Å²) in [6.45, 7) is 7.85. The van der Waals surface area contributed by atoms with Crippen LogP contribution in [0.1, 0.15) is 49.5 Å². The third kappa shape index (κ3) is 4.38. The molecule has 3 aromatic heterocycles. The molecule has 31 heavy (non-hydrogen) atoms. The molecule has 7 nitrogen and oxygen atoms in total. The van der Waals surface area contributed by atoms with E-state index in [1.165, 1.54) is 44.5 Å². The summed E-state index contributed by atoms with van der Waals surface area (Å²) >= 11 is 0. The standard InChI is InChI=1S/C24H30N6O/c1-2-12-29-13-7-20(8-14-29)30-16-21(19-4-3-9-26-15-19)22(17-30)24-27-23(28-31-24)18-5-10-25-11-6-18/h3-6,9-11,15,20-22H,2,7-8,12-14,16-17H2,1H3/t21-,22+/m0/s1. The second-order valence-electron chi connectivity index (χ2n) is 8.72. The molecule has 0 saturated carbocycles. The third-order valence-electron chi connectivity index (χ3n) is 6.77. The number of likely N-dealkylation sites (tertiary alicyclic amines) is 2. The van der Waals surface area contributed by atoms with Crippen LogP contribution in [0.15, 0.2) is 53.6 Å². The van der Waals surface area contributed by atoms with Gasteiger partial charge in [-0.15, -0.1) is 0 Å². The number of aromatic nitrogens is 4. The second-order valence-corrected chi connectivity index (χ2v) is 8.72. The first-order valence-electron chi connectivity index (χ1n) is 11.4. The number of hydrogen-bond donors (Lipinski definition) is 0. The molecule has 2 aliphatic heterocycles. The normalized spacial score (nSPS) is 23.4. The molecule has 0 aromatic carbocycles. The van der Waals surface area contributed by atoms with Gasteiger partial charge in [-0.25, -0.2) is 0 Å². The van der Waals surface area contributed by atoms with Gasteiger partial charge in [0, 0.05) is 55.4 Å².